The molecule has 1 aliphatic carbocycles. The van der Waals surface area contributed by atoms with E-state index in [4.69, 9.17) is 0 Å². The lowest BCUT2D eigenvalue weighted by atomic mass is 10.1. The molecule has 5 heteroatoms. The number of likely N-dealkylation sites (N-methyl/N-ethyl adjacent to an activating group) is 1. The number of halogens is 2. The lowest BCUT2D eigenvalue weighted by Gasteiger charge is -2.35. The van der Waals surface area contributed by atoms with Gasteiger partial charge in [-0.05, 0) is 13.5 Å². The van der Waals surface area contributed by atoms with Crippen LogP contribution < -0.4 is 0 Å². The van der Waals surface area contributed by atoms with E-state index in [1.165, 1.54) is 6.92 Å². The van der Waals surface area contributed by atoms with Crippen LogP contribution in [0.3, 0.4) is 0 Å². The van der Waals surface area contributed by atoms with Crippen molar-refractivity contribution in [3.05, 3.63) is 0 Å². The van der Waals surface area contributed by atoms with Gasteiger partial charge in [-0.1, -0.05) is 6.92 Å². The van der Waals surface area contributed by atoms with Gasteiger partial charge in [0.05, 0.1) is 0 Å². The van der Waals surface area contributed by atoms with Gasteiger partial charge in [-0.15, -0.1) is 0 Å². The number of nitrogens with zero attached hydrogens (tertiary/aromatic N) is 2. The van der Waals surface area contributed by atoms with Crippen molar-refractivity contribution in [3.8, 4) is 0 Å². The normalized spacial score (nSPS) is 33.9. The lowest BCUT2D eigenvalue weighted by Crippen LogP contribution is -2.51. The molecule has 0 radical (unpaired) electrons. The molecule has 92 valence electrons. The van der Waals surface area contributed by atoms with Crippen molar-refractivity contribution in [2.24, 2.45) is 5.41 Å². The Hall–Kier alpha value is -0.710. The summed E-state index contributed by atoms with van der Waals surface area (Å²) in [7, 11) is 0. The second-order valence-electron chi connectivity index (χ2n) is 4.94. The number of hydrogen-bond donors (Lipinski definition) is 0. The van der Waals surface area contributed by atoms with Crippen LogP contribution in [0.25, 0.3) is 0 Å². The zero-order valence-corrected chi connectivity index (χ0v) is 9.80. The highest BCUT2D eigenvalue weighted by molar-refractivity contribution is 5.87. The number of piperazine rings is 1. The molecule has 1 atom stereocenters. The predicted molar refractivity (Wildman–Crippen MR) is 56.4 cm³/mol. The van der Waals surface area contributed by atoms with Crippen LogP contribution in [0.4, 0.5) is 8.78 Å². The third-order valence-electron chi connectivity index (χ3n) is 3.84. The predicted octanol–water partition coefficient (Wildman–Crippen LogP) is 1.20. The van der Waals surface area contributed by atoms with Gasteiger partial charge in [0.25, 0.3) is 5.92 Å². The molecule has 2 fully saturated rings. The molecule has 0 N–H and O–H groups in total. The van der Waals surface area contributed by atoms with Crippen molar-refractivity contribution in [3.63, 3.8) is 0 Å². The summed E-state index contributed by atoms with van der Waals surface area (Å²) in [5, 5.41) is 0. The van der Waals surface area contributed by atoms with E-state index in [0.717, 1.165) is 19.6 Å². The summed E-state index contributed by atoms with van der Waals surface area (Å²) >= 11 is 0. The lowest BCUT2D eigenvalue weighted by molar-refractivity contribution is -0.141. The van der Waals surface area contributed by atoms with Crippen molar-refractivity contribution in [2.75, 3.05) is 32.7 Å². The molecule has 0 spiro atoms. The zero-order valence-electron chi connectivity index (χ0n) is 9.80. The summed E-state index contributed by atoms with van der Waals surface area (Å²) in [6.45, 7) is 7.15. The number of hydrogen-bond acceptors (Lipinski definition) is 2. The molecule has 2 rings (SSSR count). The molecule has 3 nitrogen and oxygen atoms in total. The minimum atomic E-state index is -2.79. The van der Waals surface area contributed by atoms with E-state index in [2.05, 4.69) is 11.8 Å². The Morgan fingerprint density at radius 3 is 2.12 bits per heavy atom. The molecular weight excluding hydrogens is 214 g/mol. The quantitative estimate of drug-likeness (QED) is 0.714. The SMILES string of the molecule is CCN1CCN(C(=O)[C@]2(C)CC2(F)F)CC1. The first-order chi connectivity index (χ1) is 7.40. The van der Waals surface area contributed by atoms with E-state index >= 15 is 0 Å². The smallest absolute Gasteiger partial charge is 0.263 e. The molecule has 0 aromatic rings. The third-order valence-corrected chi connectivity index (χ3v) is 3.84. The van der Waals surface area contributed by atoms with Crippen LogP contribution in [-0.4, -0.2) is 54.4 Å². The Labute approximate surface area is 94.4 Å². The second-order valence-corrected chi connectivity index (χ2v) is 4.94. The molecule has 0 aromatic carbocycles. The molecule has 16 heavy (non-hydrogen) atoms. The standard InChI is InChI=1S/C11H18F2N2O/c1-3-14-4-6-15(7-5-14)9(16)10(2)8-11(10,12)13/h3-8H2,1-2H3/t10-/m0/s1. The monoisotopic (exact) mass is 232 g/mol. The minimum absolute atomic E-state index is 0.285. The van der Waals surface area contributed by atoms with E-state index in [1.807, 2.05) is 0 Å². The first kappa shape index (κ1) is 11.8. The number of amides is 1. The molecule has 1 heterocycles. The van der Waals surface area contributed by atoms with E-state index in [9.17, 15) is 13.6 Å². The second kappa shape index (κ2) is 3.65. The molecule has 1 saturated carbocycles. The maximum absolute atomic E-state index is 13.1. The van der Waals surface area contributed by atoms with E-state index in [-0.39, 0.29) is 12.3 Å². The summed E-state index contributed by atoms with van der Waals surface area (Å²) < 4.78 is 26.1. The maximum atomic E-state index is 13.1. The van der Waals surface area contributed by atoms with Gasteiger partial charge in [0.2, 0.25) is 5.91 Å². The van der Waals surface area contributed by atoms with Crippen molar-refractivity contribution >= 4 is 5.91 Å². The van der Waals surface area contributed by atoms with Crippen molar-refractivity contribution < 1.29 is 13.6 Å². The molecule has 0 unspecified atom stereocenters. The zero-order chi connectivity index (χ0) is 12.0. The Balaban J connectivity index is 1.93. The average molecular weight is 232 g/mol. The fraction of sp³-hybridized carbons (Fsp3) is 0.909. The Kier molecular flexibility index (Phi) is 2.69. The largest absolute Gasteiger partial charge is 0.339 e. The highest BCUT2D eigenvalue weighted by Gasteiger charge is 2.73. The average Bonchev–Trinajstić information content (AvgIpc) is 2.79. The maximum Gasteiger partial charge on any atom is 0.263 e. The molecule has 0 bridgehead atoms. The van der Waals surface area contributed by atoms with Crippen LogP contribution in [0.5, 0.6) is 0 Å². The van der Waals surface area contributed by atoms with Crippen LogP contribution >= 0.6 is 0 Å². The van der Waals surface area contributed by atoms with Crippen molar-refractivity contribution in [2.45, 2.75) is 26.2 Å². The fourth-order valence-corrected chi connectivity index (χ4v) is 2.25. The number of rotatable bonds is 2. The Morgan fingerprint density at radius 2 is 1.75 bits per heavy atom. The molecule has 1 saturated heterocycles. The van der Waals surface area contributed by atoms with Gasteiger partial charge in [-0.3, -0.25) is 4.79 Å². The summed E-state index contributed by atoms with van der Waals surface area (Å²) in [6, 6.07) is 0. The third kappa shape index (κ3) is 1.71. The summed E-state index contributed by atoms with van der Waals surface area (Å²) in [5.41, 5.74) is -1.42. The van der Waals surface area contributed by atoms with E-state index in [0.29, 0.717) is 13.1 Å². The van der Waals surface area contributed by atoms with Crippen LogP contribution in [0, 0.1) is 5.41 Å². The topological polar surface area (TPSA) is 23.6 Å². The first-order valence-corrected chi connectivity index (χ1v) is 5.80. The van der Waals surface area contributed by atoms with Crippen LogP contribution in [0.15, 0.2) is 0 Å². The summed E-state index contributed by atoms with van der Waals surface area (Å²) in [4.78, 5) is 15.7. The highest BCUT2D eigenvalue weighted by atomic mass is 19.3. The minimum Gasteiger partial charge on any atom is -0.339 e. The molecule has 1 amide bonds. The molecular formula is C11H18F2N2O. The van der Waals surface area contributed by atoms with Gasteiger partial charge in [-0.25, -0.2) is 8.78 Å². The van der Waals surface area contributed by atoms with Gasteiger partial charge < -0.3 is 9.80 Å². The fourth-order valence-electron chi connectivity index (χ4n) is 2.25. The van der Waals surface area contributed by atoms with Gasteiger partial charge in [0.1, 0.15) is 5.41 Å². The van der Waals surface area contributed by atoms with Gasteiger partial charge in [-0.2, -0.15) is 0 Å². The number of carbonyl (C=O) groups excluding carboxylic acids is 1. The number of carbonyl (C=O) groups is 1. The van der Waals surface area contributed by atoms with Crippen LogP contribution in [0.1, 0.15) is 20.3 Å². The molecule has 1 aliphatic heterocycles. The first-order valence-electron chi connectivity index (χ1n) is 5.80. The Bertz CT molecular complexity index is 300. The van der Waals surface area contributed by atoms with Crippen LogP contribution in [0.2, 0.25) is 0 Å². The summed E-state index contributed by atoms with van der Waals surface area (Å²) in [6.07, 6.45) is -0.285. The van der Waals surface area contributed by atoms with Crippen molar-refractivity contribution in [1.82, 2.24) is 9.80 Å². The molecule has 2 aliphatic rings. The molecule has 0 aromatic heterocycles. The number of alkyl halides is 2. The van der Waals surface area contributed by atoms with Gasteiger partial charge in [0.15, 0.2) is 0 Å². The van der Waals surface area contributed by atoms with Crippen molar-refractivity contribution in [1.29, 1.82) is 0 Å². The highest BCUT2D eigenvalue weighted by Crippen LogP contribution is 2.61. The van der Waals surface area contributed by atoms with Gasteiger partial charge in [0, 0.05) is 32.6 Å². The van der Waals surface area contributed by atoms with E-state index < -0.39 is 11.3 Å². The summed E-state index contributed by atoms with van der Waals surface area (Å²) in [5.74, 6) is -3.15. The van der Waals surface area contributed by atoms with E-state index in [1.54, 1.807) is 4.90 Å². The van der Waals surface area contributed by atoms with Gasteiger partial charge >= 0.3 is 0 Å². The van der Waals surface area contributed by atoms with Crippen LogP contribution in [-0.2, 0) is 4.79 Å². The Morgan fingerprint density at radius 1 is 1.25 bits per heavy atom.